The number of hydrogen-bond donors (Lipinski definition) is 0. The van der Waals surface area contributed by atoms with Gasteiger partial charge in [0, 0.05) is 17.5 Å². The first kappa shape index (κ1) is 21.7. The summed E-state index contributed by atoms with van der Waals surface area (Å²) < 4.78 is 4.73. The third-order valence-electron chi connectivity index (χ3n) is 5.63. The molecular weight excluding hydrogens is 452 g/mol. The van der Waals surface area contributed by atoms with Crippen LogP contribution in [-0.2, 0) is 11.2 Å². The number of carbonyl (C=O) groups excluding carboxylic acids is 2. The van der Waals surface area contributed by atoms with Crippen LogP contribution in [0.1, 0.15) is 56.5 Å². The number of carbonyl (C=O) groups is 2. The van der Waals surface area contributed by atoms with Crippen molar-refractivity contribution in [2.75, 3.05) is 7.11 Å². The van der Waals surface area contributed by atoms with E-state index in [0.29, 0.717) is 30.0 Å². The maximum absolute atomic E-state index is 13.1. The lowest BCUT2D eigenvalue weighted by molar-refractivity contribution is 0.0600. The fourth-order valence-corrected chi connectivity index (χ4v) is 5.86. The minimum Gasteiger partial charge on any atom is -0.465 e. The molecule has 2 heterocycles. The Hall–Kier alpha value is -3.16. The third kappa shape index (κ3) is 4.79. The van der Waals surface area contributed by atoms with Crippen LogP contribution in [0.2, 0.25) is 0 Å². The molecule has 5 nitrogen and oxygen atoms in total. The van der Waals surface area contributed by atoms with Crippen LogP contribution in [0.25, 0.3) is 20.5 Å². The van der Waals surface area contributed by atoms with E-state index in [1.54, 1.807) is 34.8 Å². The second kappa shape index (κ2) is 9.37. The maximum Gasteiger partial charge on any atom is 0.337 e. The lowest BCUT2D eigenvalue weighted by Gasteiger charge is -2.03. The number of benzene rings is 2. The summed E-state index contributed by atoms with van der Waals surface area (Å²) in [5.41, 5.74) is 3.26. The monoisotopic (exact) mass is 474 g/mol. The summed E-state index contributed by atoms with van der Waals surface area (Å²) in [5.74, 6) is 0.152. The molecule has 2 aromatic carbocycles. The molecule has 0 unspecified atom stereocenters. The second-order valence-electron chi connectivity index (χ2n) is 8.01. The van der Waals surface area contributed by atoms with Gasteiger partial charge in [0.1, 0.15) is 5.69 Å². The number of ether oxygens (including phenoxy) is 1. The zero-order valence-corrected chi connectivity index (χ0v) is 19.7. The number of rotatable bonds is 8. The van der Waals surface area contributed by atoms with E-state index in [9.17, 15) is 9.59 Å². The summed E-state index contributed by atoms with van der Waals surface area (Å²) in [5, 5.41) is 1.69. The third-order valence-corrected chi connectivity index (χ3v) is 8.04. The summed E-state index contributed by atoms with van der Waals surface area (Å²) >= 11 is 3.22. The summed E-state index contributed by atoms with van der Waals surface area (Å²) in [7, 11) is 1.36. The molecule has 0 saturated heterocycles. The van der Waals surface area contributed by atoms with Crippen molar-refractivity contribution >= 4 is 34.4 Å². The van der Waals surface area contributed by atoms with E-state index in [1.165, 1.54) is 7.11 Å². The Morgan fingerprint density at radius 1 is 1.00 bits per heavy atom. The van der Waals surface area contributed by atoms with E-state index in [1.807, 2.05) is 36.5 Å². The molecule has 4 aromatic rings. The molecule has 1 fully saturated rings. The number of hydrogen-bond acceptors (Lipinski definition) is 7. The average molecular weight is 475 g/mol. The molecule has 0 amide bonds. The first-order valence-corrected chi connectivity index (χ1v) is 12.5. The van der Waals surface area contributed by atoms with Gasteiger partial charge in [-0.15, -0.1) is 22.7 Å². The molecule has 33 heavy (non-hydrogen) atoms. The summed E-state index contributed by atoms with van der Waals surface area (Å²) in [6, 6.07) is 17.4. The molecule has 1 saturated carbocycles. The van der Waals surface area contributed by atoms with Gasteiger partial charge in [-0.1, -0.05) is 42.5 Å². The fourth-order valence-electron chi connectivity index (χ4n) is 3.66. The van der Waals surface area contributed by atoms with Crippen molar-refractivity contribution in [2.45, 2.75) is 31.6 Å². The van der Waals surface area contributed by atoms with Crippen molar-refractivity contribution in [2.24, 2.45) is 0 Å². The Morgan fingerprint density at radius 3 is 2.45 bits per heavy atom. The Kier molecular flexibility index (Phi) is 6.15. The largest absolute Gasteiger partial charge is 0.465 e. The molecule has 0 radical (unpaired) electrons. The Labute approximate surface area is 200 Å². The van der Waals surface area contributed by atoms with Crippen LogP contribution in [0.15, 0.2) is 60.8 Å². The highest BCUT2D eigenvalue weighted by Gasteiger charge is 2.32. The van der Waals surface area contributed by atoms with Crippen molar-refractivity contribution in [1.29, 1.82) is 0 Å². The molecule has 2 aromatic heterocycles. The van der Waals surface area contributed by atoms with Gasteiger partial charge in [-0.2, -0.15) is 0 Å². The van der Waals surface area contributed by atoms with Crippen LogP contribution >= 0.6 is 22.7 Å². The van der Waals surface area contributed by atoms with E-state index in [2.05, 4.69) is 17.1 Å². The van der Waals surface area contributed by atoms with Gasteiger partial charge in [-0.25, -0.2) is 14.8 Å². The van der Waals surface area contributed by atoms with E-state index in [4.69, 9.17) is 9.72 Å². The lowest BCUT2D eigenvalue weighted by Crippen LogP contribution is -2.05. The van der Waals surface area contributed by atoms with E-state index >= 15 is 0 Å². The van der Waals surface area contributed by atoms with Crippen LogP contribution in [-0.4, -0.2) is 28.8 Å². The quantitative estimate of drug-likeness (QED) is 0.218. The number of methoxy groups -OCH3 is 1. The molecule has 0 bridgehead atoms. The molecule has 0 spiro atoms. The number of esters is 1. The predicted molar refractivity (Wildman–Crippen MR) is 131 cm³/mol. The molecule has 166 valence electrons. The average Bonchev–Trinajstić information content (AvgIpc) is 3.41. The Morgan fingerprint density at radius 2 is 1.76 bits per heavy atom. The van der Waals surface area contributed by atoms with Gasteiger partial charge in [0.05, 0.1) is 17.6 Å². The number of Topliss-reactive ketones (excluding diaryl/α,β-unsaturated/α-hetero) is 1. The van der Waals surface area contributed by atoms with Crippen LogP contribution in [0.4, 0.5) is 0 Å². The van der Waals surface area contributed by atoms with Crippen molar-refractivity contribution in [3.05, 3.63) is 82.5 Å². The molecule has 1 aliphatic rings. The van der Waals surface area contributed by atoms with Crippen molar-refractivity contribution in [1.82, 2.24) is 9.97 Å². The number of aromatic nitrogens is 2. The SMILES string of the molecule is COC(=O)c1ccc(CCC(=O)c2nc(-c3ncc(-c4ccccc4)s3)sc2C2CC2)cc1. The lowest BCUT2D eigenvalue weighted by atomic mass is 10.0. The van der Waals surface area contributed by atoms with Gasteiger partial charge in [0.25, 0.3) is 0 Å². The molecule has 0 atom stereocenters. The zero-order chi connectivity index (χ0) is 22.8. The molecule has 7 heteroatoms. The minimum absolute atomic E-state index is 0.0660. The van der Waals surface area contributed by atoms with Crippen LogP contribution in [0.5, 0.6) is 0 Å². The highest BCUT2D eigenvalue weighted by Crippen LogP contribution is 2.47. The summed E-state index contributed by atoms with van der Waals surface area (Å²) in [6.45, 7) is 0. The molecule has 0 N–H and O–H groups in total. The van der Waals surface area contributed by atoms with Crippen LogP contribution in [0.3, 0.4) is 0 Å². The van der Waals surface area contributed by atoms with Crippen molar-refractivity contribution in [3.8, 4) is 20.5 Å². The summed E-state index contributed by atoms with van der Waals surface area (Å²) in [6.07, 6.45) is 5.10. The fraction of sp³-hybridized carbons (Fsp3) is 0.231. The topological polar surface area (TPSA) is 69.2 Å². The first-order valence-electron chi connectivity index (χ1n) is 10.8. The van der Waals surface area contributed by atoms with Crippen molar-refractivity contribution < 1.29 is 14.3 Å². The molecule has 5 rings (SSSR count). The van der Waals surface area contributed by atoms with Gasteiger partial charge < -0.3 is 4.74 Å². The highest BCUT2D eigenvalue weighted by molar-refractivity contribution is 7.23. The molecular formula is C26H22N2O3S2. The van der Waals surface area contributed by atoms with Gasteiger partial charge in [0.15, 0.2) is 15.8 Å². The Bertz CT molecular complexity index is 1290. The smallest absolute Gasteiger partial charge is 0.337 e. The van der Waals surface area contributed by atoms with Crippen LogP contribution in [0, 0.1) is 0 Å². The number of ketones is 1. The standard InChI is InChI=1S/C26H22N2O3S2/c1-31-26(30)19-10-7-16(8-11-19)9-14-20(29)22-23(18-12-13-18)33-25(28-22)24-27-15-21(32-24)17-5-3-2-4-6-17/h2-8,10-11,15,18H,9,12-14H2,1H3. The number of nitrogens with zero attached hydrogens (tertiary/aromatic N) is 2. The van der Waals surface area contributed by atoms with Gasteiger partial charge in [-0.05, 0) is 48.4 Å². The Balaban J connectivity index is 1.33. The predicted octanol–water partition coefficient (Wildman–Crippen LogP) is 6.41. The van der Waals surface area contributed by atoms with E-state index < -0.39 is 0 Å². The van der Waals surface area contributed by atoms with Gasteiger partial charge in [-0.3, -0.25) is 4.79 Å². The van der Waals surface area contributed by atoms with Gasteiger partial charge in [0.2, 0.25) is 0 Å². The normalized spacial score (nSPS) is 13.1. The van der Waals surface area contributed by atoms with Crippen LogP contribution < -0.4 is 0 Å². The second-order valence-corrected chi connectivity index (χ2v) is 10.1. The summed E-state index contributed by atoms with van der Waals surface area (Å²) in [4.78, 5) is 36.3. The minimum atomic E-state index is -0.362. The zero-order valence-electron chi connectivity index (χ0n) is 18.1. The van der Waals surface area contributed by atoms with E-state index in [-0.39, 0.29) is 11.8 Å². The highest BCUT2D eigenvalue weighted by atomic mass is 32.1. The van der Waals surface area contributed by atoms with E-state index in [0.717, 1.165) is 43.7 Å². The van der Waals surface area contributed by atoms with Gasteiger partial charge >= 0.3 is 5.97 Å². The number of aryl methyl sites for hydroxylation is 1. The van der Waals surface area contributed by atoms with Crippen molar-refractivity contribution in [3.63, 3.8) is 0 Å². The maximum atomic E-state index is 13.1. The first-order chi connectivity index (χ1) is 16.1. The molecule has 1 aliphatic carbocycles. The number of thiazole rings is 2. The molecule has 0 aliphatic heterocycles.